The molecular weight excluding hydrogens is 268 g/mol. The Kier molecular flexibility index (Phi) is 2.53. The van der Waals surface area contributed by atoms with Gasteiger partial charge in [-0.05, 0) is 26.6 Å². The minimum atomic E-state index is -0.272. The average Bonchev–Trinajstić information content (AvgIpc) is 2.95. The summed E-state index contributed by atoms with van der Waals surface area (Å²) in [4.78, 5) is 18.9. The number of hydrogen-bond acceptors (Lipinski definition) is 5. The lowest BCUT2D eigenvalue weighted by atomic mass is 10.0. The van der Waals surface area contributed by atoms with Gasteiger partial charge in [0.15, 0.2) is 0 Å². The molecule has 0 aliphatic heterocycles. The van der Waals surface area contributed by atoms with Crippen LogP contribution in [-0.4, -0.2) is 20.3 Å². The summed E-state index contributed by atoms with van der Waals surface area (Å²) in [7, 11) is 0. The highest BCUT2D eigenvalue weighted by Crippen LogP contribution is 2.20. The topological polar surface area (TPSA) is 84.7 Å². The summed E-state index contributed by atoms with van der Waals surface area (Å²) < 4.78 is 4.56. The second-order valence-corrected chi connectivity index (χ2v) is 4.76. The lowest BCUT2D eigenvalue weighted by Crippen LogP contribution is -2.15. The number of aromatic amines is 1. The van der Waals surface area contributed by atoms with E-state index < -0.39 is 0 Å². The Morgan fingerprint density at radius 1 is 1.05 bits per heavy atom. The van der Waals surface area contributed by atoms with Crippen LogP contribution in [0, 0.1) is 0 Å². The number of nitrogens with zero attached hydrogens (tertiary/aromatic N) is 3. The van der Waals surface area contributed by atoms with Crippen molar-refractivity contribution < 1.29 is 4.63 Å². The molecule has 0 radical (unpaired) electrons. The smallest absolute Gasteiger partial charge is 0.271 e. The molecule has 21 heavy (non-hydrogen) atoms. The van der Waals surface area contributed by atoms with E-state index in [1.54, 1.807) is 0 Å². The maximum atomic E-state index is 12.0. The van der Waals surface area contributed by atoms with Crippen LogP contribution in [0.2, 0.25) is 0 Å². The first-order valence-corrected chi connectivity index (χ1v) is 6.49. The van der Waals surface area contributed by atoms with Crippen molar-refractivity contribution in [1.29, 1.82) is 0 Å². The fourth-order valence-electron chi connectivity index (χ4n) is 2.44. The second kappa shape index (κ2) is 4.52. The third-order valence-electron chi connectivity index (χ3n) is 3.44. The van der Waals surface area contributed by atoms with Crippen LogP contribution < -0.4 is 5.56 Å². The molecule has 0 unspecified atom stereocenters. The summed E-state index contributed by atoms with van der Waals surface area (Å²) in [6, 6.07) is 14.1. The van der Waals surface area contributed by atoms with E-state index in [9.17, 15) is 4.79 Å². The van der Waals surface area contributed by atoms with E-state index >= 15 is 0 Å². The first-order chi connectivity index (χ1) is 10.3. The normalized spacial score (nSPS) is 11.2. The lowest BCUT2D eigenvalue weighted by Gasteiger charge is -2.05. The Balaban J connectivity index is 1.86. The van der Waals surface area contributed by atoms with Crippen LogP contribution in [0.3, 0.4) is 0 Å². The van der Waals surface area contributed by atoms with Gasteiger partial charge in [0.1, 0.15) is 5.69 Å². The SMILES string of the molecule is O=c1[nH]c2nonc2nc1Cc1cccc2ccccc12. The molecule has 0 aliphatic carbocycles. The Hall–Kier alpha value is -3.02. The van der Waals surface area contributed by atoms with Crippen LogP contribution in [0.5, 0.6) is 0 Å². The van der Waals surface area contributed by atoms with Crippen LogP contribution in [0.4, 0.5) is 0 Å². The summed E-state index contributed by atoms with van der Waals surface area (Å²) in [6.07, 6.45) is 0.430. The highest BCUT2D eigenvalue weighted by molar-refractivity contribution is 5.85. The van der Waals surface area contributed by atoms with Crippen molar-refractivity contribution in [2.24, 2.45) is 0 Å². The van der Waals surface area contributed by atoms with Gasteiger partial charge in [-0.1, -0.05) is 42.5 Å². The summed E-state index contributed by atoms with van der Waals surface area (Å²) >= 11 is 0. The van der Waals surface area contributed by atoms with Gasteiger partial charge in [-0.25, -0.2) is 9.61 Å². The lowest BCUT2D eigenvalue weighted by molar-refractivity contribution is 0.314. The number of benzene rings is 2. The minimum absolute atomic E-state index is 0.265. The Morgan fingerprint density at radius 2 is 1.90 bits per heavy atom. The zero-order valence-corrected chi connectivity index (χ0v) is 10.9. The zero-order valence-electron chi connectivity index (χ0n) is 10.9. The second-order valence-electron chi connectivity index (χ2n) is 4.76. The average molecular weight is 278 g/mol. The minimum Gasteiger partial charge on any atom is -0.299 e. The van der Waals surface area contributed by atoms with Crippen molar-refractivity contribution in [3.63, 3.8) is 0 Å². The van der Waals surface area contributed by atoms with Gasteiger partial charge in [0.05, 0.1) is 0 Å². The van der Waals surface area contributed by atoms with E-state index in [1.165, 1.54) is 0 Å². The van der Waals surface area contributed by atoms with Crippen molar-refractivity contribution in [2.45, 2.75) is 6.42 Å². The maximum absolute atomic E-state index is 12.0. The van der Waals surface area contributed by atoms with E-state index in [4.69, 9.17) is 0 Å². The predicted octanol–water partition coefficient (Wildman–Crippen LogP) is 2.05. The molecular formula is C15H10N4O2. The van der Waals surface area contributed by atoms with E-state index in [0.29, 0.717) is 17.8 Å². The van der Waals surface area contributed by atoms with E-state index in [2.05, 4.69) is 24.9 Å². The third-order valence-corrected chi connectivity index (χ3v) is 3.44. The molecule has 2 aromatic heterocycles. The predicted molar refractivity (Wildman–Crippen MR) is 77.0 cm³/mol. The molecule has 2 aromatic carbocycles. The number of aromatic nitrogens is 4. The molecule has 102 valence electrons. The molecule has 0 bridgehead atoms. The molecule has 0 saturated heterocycles. The Labute approximate surface area is 118 Å². The summed E-state index contributed by atoms with van der Waals surface area (Å²) in [5.41, 5.74) is 1.74. The van der Waals surface area contributed by atoms with Gasteiger partial charge in [0.25, 0.3) is 5.56 Å². The van der Waals surface area contributed by atoms with Gasteiger partial charge in [0.2, 0.25) is 11.3 Å². The maximum Gasteiger partial charge on any atom is 0.271 e. The summed E-state index contributed by atoms with van der Waals surface area (Å²) in [5, 5.41) is 9.48. The molecule has 0 aliphatic rings. The quantitative estimate of drug-likeness (QED) is 0.606. The molecule has 6 nitrogen and oxygen atoms in total. The molecule has 4 rings (SSSR count). The number of rotatable bonds is 2. The molecule has 2 heterocycles. The van der Waals surface area contributed by atoms with Crippen LogP contribution in [0.1, 0.15) is 11.3 Å². The molecule has 4 aromatic rings. The first kappa shape index (κ1) is 11.8. The molecule has 0 amide bonds. The largest absolute Gasteiger partial charge is 0.299 e. The van der Waals surface area contributed by atoms with E-state index in [0.717, 1.165) is 16.3 Å². The van der Waals surface area contributed by atoms with Crippen molar-refractivity contribution in [2.75, 3.05) is 0 Å². The fraction of sp³-hybridized carbons (Fsp3) is 0.0667. The number of fused-ring (bicyclic) bond motifs is 2. The van der Waals surface area contributed by atoms with Crippen molar-refractivity contribution in [3.8, 4) is 0 Å². The molecule has 1 N–H and O–H groups in total. The van der Waals surface area contributed by atoms with Crippen LogP contribution >= 0.6 is 0 Å². The van der Waals surface area contributed by atoms with Crippen molar-refractivity contribution >= 4 is 22.1 Å². The van der Waals surface area contributed by atoms with Crippen LogP contribution in [0.25, 0.3) is 22.1 Å². The summed E-state index contributed by atoms with van der Waals surface area (Å²) in [6.45, 7) is 0. The molecule has 0 fully saturated rings. The Morgan fingerprint density at radius 3 is 2.86 bits per heavy atom. The fourth-order valence-corrected chi connectivity index (χ4v) is 2.44. The number of nitrogens with one attached hydrogen (secondary N) is 1. The van der Waals surface area contributed by atoms with Gasteiger partial charge in [0, 0.05) is 6.42 Å². The van der Waals surface area contributed by atoms with Gasteiger partial charge in [-0.15, -0.1) is 0 Å². The zero-order chi connectivity index (χ0) is 14.2. The Bertz CT molecular complexity index is 998. The molecule has 0 saturated carbocycles. The van der Waals surface area contributed by atoms with Crippen LogP contribution in [-0.2, 0) is 6.42 Å². The first-order valence-electron chi connectivity index (χ1n) is 6.49. The summed E-state index contributed by atoms with van der Waals surface area (Å²) in [5.74, 6) is 0. The van der Waals surface area contributed by atoms with Gasteiger partial charge in [-0.3, -0.25) is 9.78 Å². The third kappa shape index (κ3) is 1.97. The number of hydrogen-bond donors (Lipinski definition) is 1. The highest BCUT2D eigenvalue weighted by Gasteiger charge is 2.10. The standard InChI is InChI=1S/C15H10N4O2/c20-15-12(16-13-14(17-15)19-21-18-13)8-10-6-3-5-9-4-1-2-7-11(9)10/h1-7H,8H2,(H,17,19,20). The van der Waals surface area contributed by atoms with E-state index in [1.807, 2.05) is 42.5 Å². The molecule has 0 atom stereocenters. The highest BCUT2D eigenvalue weighted by atomic mass is 16.6. The van der Waals surface area contributed by atoms with Crippen molar-refractivity contribution in [3.05, 3.63) is 64.1 Å². The van der Waals surface area contributed by atoms with E-state index in [-0.39, 0.29) is 11.2 Å². The van der Waals surface area contributed by atoms with Crippen molar-refractivity contribution in [1.82, 2.24) is 20.3 Å². The van der Waals surface area contributed by atoms with Gasteiger partial charge >= 0.3 is 0 Å². The molecule has 0 spiro atoms. The monoisotopic (exact) mass is 278 g/mol. The van der Waals surface area contributed by atoms with Gasteiger partial charge in [-0.2, -0.15) is 0 Å². The number of H-pyrrole nitrogens is 1. The van der Waals surface area contributed by atoms with Gasteiger partial charge < -0.3 is 0 Å². The van der Waals surface area contributed by atoms with Crippen LogP contribution in [0.15, 0.2) is 51.9 Å². The molecule has 6 heteroatoms.